The Morgan fingerprint density at radius 2 is 1.58 bits per heavy atom. The van der Waals surface area contributed by atoms with E-state index in [2.05, 4.69) is 20.8 Å². The Bertz CT molecular complexity index is 1260. The second-order valence-electron chi connectivity index (χ2n) is 10.3. The van der Waals surface area contributed by atoms with Gasteiger partial charge in [-0.2, -0.15) is 0 Å². The van der Waals surface area contributed by atoms with Crippen molar-refractivity contribution in [3.8, 4) is 0 Å². The van der Waals surface area contributed by atoms with Crippen LogP contribution < -0.4 is 21.6 Å². The van der Waals surface area contributed by atoms with Gasteiger partial charge in [-0.25, -0.2) is 9.36 Å². The molecule has 1 aliphatic heterocycles. The van der Waals surface area contributed by atoms with Crippen molar-refractivity contribution in [2.24, 2.45) is 0 Å². The minimum absolute atomic E-state index is 0.137. The Labute approximate surface area is 211 Å². The molecular formula is C27H34N2O6Si. The molecule has 36 heavy (non-hydrogen) atoms. The predicted octanol–water partition coefficient (Wildman–Crippen LogP) is 1.49. The summed E-state index contributed by atoms with van der Waals surface area (Å²) >= 11 is 0. The zero-order chi connectivity index (χ0) is 26.1. The van der Waals surface area contributed by atoms with Gasteiger partial charge in [-0.15, -0.1) is 0 Å². The first-order chi connectivity index (χ1) is 17.1. The van der Waals surface area contributed by atoms with E-state index >= 15 is 0 Å². The Morgan fingerprint density at radius 3 is 2.06 bits per heavy atom. The van der Waals surface area contributed by atoms with Crippen LogP contribution in [0, 0.1) is 6.92 Å². The summed E-state index contributed by atoms with van der Waals surface area (Å²) in [6, 6.07) is 20.0. The zero-order valence-electron chi connectivity index (χ0n) is 21.1. The molecule has 0 amide bonds. The average Bonchev–Trinajstić information content (AvgIpc) is 3.24. The highest BCUT2D eigenvalue weighted by molar-refractivity contribution is 6.99. The molecule has 2 aromatic carbocycles. The normalized spacial score (nSPS) is 20.6. The lowest BCUT2D eigenvalue weighted by Gasteiger charge is -2.43. The third-order valence-electron chi connectivity index (χ3n) is 6.89. The van der Waals surface area contributed by atoms with Gasteiger partial charge in [0.1, 0.15) is 19.1 Å². The summed E-state index contributed by atoms with van der Waals surface area (Å²) in [6.07, 6.45) is -0.889. The van der Waals surface area contributed by atoms with Crippen molar-refractivity contribution in [1.29, 1.82) is 0 Å². The molecule has 0 radical (unpaired) electrons. The predicted molar refractivity (Wildman–Crippen MR) is 140 cm³/mol. The summed E-state index contributed by atoms with van der Waals surface area (Å²) in [5.74, 6) is 0. The fourth-order valence-electron chi connectivity index (χ4n) is 5.05. The van der Waals surface area contributed by atoms with E-state index in [1.807, 2.05) is 60.7 Å². The van der Waals surface area contributed by atoms with Crippen LogP contribution in [0.2, 0.25) is 5.04 Å². The standard InChI is InChI=1S/C27H34N2O6Si/c1-19-16-28(24-15-22(31)23(17-30)35-24)26(33)29(25(19)32)18-34-36(27(2,3)4,20-11-7-5-8-12-20)21-13-9-6-10-14-21/h5-14,16,22-24,30-31H,15,17-18H2,1-4H3/t22-,23-,24-/m1/s1. The van der Waals surface area contributed by atoms with Gasteiger partial charge in [0.25, 0.3) is 13.9 Å². The third kappa shape index (κ3) is 4.65. The summed E-state index contributed by atoms with van der Waals surface area (Å²) in [6.45, 7) is 7.41. The van der Waals surface area contributed by atoms with Crippen LogP contribution in [0.3, 0.4) is 0 Å². The first-order valence-electron chi connectivity index (χ1n) is 12.1. The molecule has 8 nitrogen and oxygen atoms in total. The molecule has 0 saturated carbocycles. The summed E-state index contributed by atoms with van der Waals surface area (Å²) in [5.41, 5.74) is -0.669. The lowest BCUT2D eigenvalue weighted by atomic mass is 10.2. The molecule has 192 valence electrons. The number of nitrogens with zero attached hydrogens (tertiary/aromatic N) is 2. The summed E-state index contributed by atoms with van der Waals surface area (Å²) in [4.78, 5) is 26.6. The van der Waals surface area contributed by atoms with Crippen molar-refractivity contribution in [3.05, 3.63) is 93.3 Å². The Kier molecular flexibility index (Phi) is 7.49. The highest BCUT2D eigenvalue weighted by Gasteiger charge is 2.50. The molecular weight excluding hydrogens is 476 g/mol. The summed E-state index contributed by atoms with van der Waals surface area (Å²) < 4.78 is 14.9. The number of aromatic nitrogens is 2. The number of aliphatic hydroxyl groups is 2. The van der Waals surface area contributed by atoms with Crippen LogP contribution in [-0.2, 0) is 15.9 Å². The van der Waals surface area contributed by atoms with E-state index in [1.54, 1.807) is 6.92 Å². The summed E-state index contributed by atoms with van der Waals surface area (Å²) in [7, 11) is -2.98. The van der Waals surface area contributed by atoms with Gasteiger partial charge in [0.2, 0.25) is 0 Å². The first-order valence-corrected chi connectivity index (χ1v) is 14.0. The molecule has 1 aromatic heterocycles. The van der Waals surface area contributed by atoms with Crippen LogP contribution in [0.15, 0.2) is 76.4 Å². The molecule has 0 aliphatic carbocycles. The fourth-order valence-corrected chi connectivity index (χ4v) is 9.53. The number of hydrogen-bond donors (Lipinski definition) is 2. The van der Waals surface area contributed by atoms with E-state index in [-0.39, 0.29) is 24.8 Å². The number of aliphatic hydroxyl groups excluding tert-OH is 2. The van der Waals surface area contributed by atoms with Gasteiger partial charge in [-0.3, -0.25) is 9.36 Å². The second-order valence-corrected chi connectivity index (χ2v) is 14.6. The molecule has 2 heterocycles. The van der Waals surface area contributed by atoms with Crippen LogP contribution in [0.25, 0.3) is 0 Å². The van der Waals surface area contributed by atoms with Gasteiger partial charge < -0.3 is 19.4 Å². The highest BCUT2D eigenvalue weighted by Crippen LogP contribution is 2.37. The number of ether oxygens (including phenoxy) is 1. The van der Waals surface area contributed by atoms with Gasteiger partial charge in [-0.1, -0.05) is 81.4 Å². The van der Waals surface area contributed by atoms with E-state index in [1.165, 1.54) is 10.8 Å². The van der Waals surface area contributed by atoms with Crippen molar-refractivity contribution in [3.63, 3.8) is 0 Å². The van der Waals surface area contributed by atoms with Gasteiger partial charge in [-0.05, 0) is 22.3 Å². The molecule has 0 spiro atoms. The Balaban J connectivity index is 1.81. The van der Waals surface area contributed by atoms with Gasteiger partial charge in [0.05, 0.1) is 12.7 Å². The topological polar surface area (TPSA) is 103 Å². The van der Waals surface area contributed by atoms with Gasteiger partial charge in [0.15, 0.2) is 0 Å². The molecule has 1 aliphatic rings. The first kappa shape index (κ1) is 26.2. The van der Waals surface area contributed by atoms with Crippen molar-refractivity contribution in [2.75, 3.05) is 6.61 Å². The van der Waals surface area contributed by atoms with E-state index in [4.69, 9.17) is 9.16 Å². The second kappa shape index (κ2) is 10.3. The molecule has 2 N–H and O–H groups in total. The maximum atomic E-state index is 13.5. The Morgan fingerprint density at radius 1 is 1.03 bits per heavy atom. The van der Waals surface area contributed by atoms with Gasteiger partial charge in [0, 0.05) is 18.2 Å². The lowest BCUT2D eigenvalue weighted by Crippen LogP contribution is -2.67. The smallest absolute Gasteiger partial charge is 0.335 e. The fraction of sp³-hybridized carbons (Fsp3) is 0.407. The number of aryl methyl sites for hydroxylation is 1. The molecule has 0 unspecified atom stereocenters. The molecule has 1 saturated heterocycles. The number of hydrogen-bond acceptors (Lipinski definition) is 6. The SMILES string of the molecule is Cc1cn([C@H]2C[C@@H](O)[C@@H](CO)O2)c(=O)n(CO[Si](c2ccccc2)(c2ccccc2)C(C)(C)C)c1=O. The van der Waals surface area contributed by atoms with E-state index in [0.29, 0.717) is 5.56 Å². The molecule has 1 fully saturated rings. The zero-order valence-corrected chi connectivity index (χ0v) is 22.1. The highest BCUT2D eigenvalue weighted by atomic mass is 28.4. The minimum Gasteiger partial charge on any atom is -0.394 e. The van der Waals surface area contributed by atoms with Crippen LogP contribution in [0.4, 0.5) is 0 Å². The largest absolute Gasteiger partial charge is 0.394 e. The molecule has 4 rings (SSSR count). The molecule has 9 heteroatoms. The maximum Gasteiger partial charge on any atom is 0.335 e. The van der Waals surface area contributed by atoms with Crippen LogP contribution >= 0.6 is 0 Å². The number of rotatable bonds is 7. The molecule has 3 aromatic rings. The van der Waals surface area contributed by atoms with Crippen molar-refractivity contribution in [1.82, 2.24) is 9.13 Å². The average molecular weight is 511 g/mol. The molecule has 0 bridgehead atoms. The van der Waals surface area contributed by atoms with E-state index in [0.717, 1.165) is 14.9 Å². The molecule has 3 atom stereocenters. The van der Waals surface area contributed by atoms with Crippen molar-refractivity contribution < 1.29 is 19.4 Å². The van der Waals surface area contributed by atoms with E-state index < -0.39 is 38.0 Å². The van der Waals surface area contributed by atoms with Crippen molar-refractivity contribution >= 4 is 18.7 Å². The van der Waals surface area contributed by atoms with Crippen LogP contribution in [-0.4, -0.2) is 46.5 Å². The van der Waals surface area contributed by atoms with Gasteiger partial charge >= 0.3 is 5.69 Å². The summed E-state index contributed by atoms with van der Waals surface area (Å²) in [5, 5.41) is 21.4. The lowest BCUT2D eigenvalue weighted by molar-refractivity contribution is -0.0466. The van der Waals surface area contributed by atoms with Crippen molar-refractivity contribution in [2.45, 2.75) is 64.3 Å². The minimum atomic E-state index is -2.98. The van der Waals surface area contributed by atoms with Crippen LogP contribution in [0.1, 0.15) is 39.0 Å². The number of benzene rings is 2. The quantitative estimate of drug-likeness (QED) is 0.467. The Hall–Kier alpha value is -2.82. The maximum absolute atomic E-state index is 13.5. The van der Waals surface area contributed by atoms with E-state index in [9.17, 15) is 19.8 Å². The van der Waals surface area contributed by atoms with Crippen LogP contribution in [0.5, 0.6) is 0 Å². The third-order valence-corrected chi connectivity index (χ3v) is 11.9. The monoisotopic (exact) mass is 510 g/mol.